The van der Waals surface area contributed by atoms with E-state index in [9.17, 15) is 5.11 Å². The van der Waals surface area contributed by atoms with Gasteiger partial charge in [-0.2, -0.15) is 10.2 Å². The molecule has 3 fully saturated rings. The lowest BCUT2D eigenvalue weighted by atomic mass is 9.86. The van der Waals surface area contributed by atoms with Crippen molar-refractivity contribution in [2.75, 3.05) is 18.0 Å². The second-order valence-electron chi connectivity index (χ2n) is 8.69. The highest BCUT2D eigenvalue weighted by Crippen LogP contribution is 2.40. The number of aryl methyl sites for hydroxylation is 1. The molecule has 3 aromatic heterocycles. The molecule has 6 rings (SSSR count). The van der Waals surface area contributed by atoms with Crippen LogP contribution in [0.25, 0.3) is 16.6 Å². The van der Waals surface area contributed by atoms with E-state index in [1.165, 1.54) is 18.5 Å². The Morgan fingerprint density at radius 3 is 2.46 bits per heavy atom. The smallest absolute Gasteiger partial charge is 0.0886 e. The first-order chi connectivity index (χ1) is 13.7. The number of aliphatic hydroxyl groups excluding tert-OH is 1. The van der Waals surface area contributed by atoms with E-state index in [4.69, 9.17) is 0 Å². The first kappa shape index (κ1) is 16.6. The van der Waals surface area contributed by atoms with E-state index in [0.29, 0.717) is 18.1 Å². The van der Waals surface area contributed by atoms with Gasteiger partial charge in [0.05, 0.1) is 23.5 Å². The van der Waals surface area contributed by atoms with Crippen LogP contribution in [-0.4, -0.2) is 66.7 Å². The van der Waals surface area contributed by atoms with Gasteiger partial charge >= 0.3 is 0 Å². The summed E-state index contributed by atoms with van der Waals surface area (Å²) in [4.78, 5) is 5.28. The van der Waals surface area contributed by atoms with Crippen LogP contribution in [0.4, 0.5) is 5.69 Å². The zero-order chi connectivity index (χ0) is 18.8. The van der Waals surface area contributed by atoms with Gasteiger partial charge in [0.15, 0.2) is 0 Å². The van der Waals surface area contributed by atoms with Gasteiger partial charge in [0.25, 0.3) is 0 Å². The Kier molecular flexibility index (Phi) is 3.58. The number of rotatable bonds is 3. The highest BCUT2D eigenvalue weighted by Gasteiger charge is 2.46. The van der Waals surface area contributed by atoms with Crippen molar-refractivity contribution >= 4 is 11.2 Å². The summed E-state index contributed by atoms with van der Waals surface area (Å²) in [6.45, 7) is 2.13. The van der Waals surface area contributed by atoms with Crippen LogP contribution in [0.3, 0.4) is 0 Å². The third-order valence-corrected chi connectivity index (χ3v) is 6.91. The van der Waals surface area contributed by atoms with Crippen LogP contribution in [0, 0.1) is 0 Å². The van der Waals surface area contributed by atoms with Crippen molar-refractivity contribution < 1.29 is 5.11 Å². The van der Waals surface area contributed by atoms with Crippen molar-refractivity contribution in [3.05, 3.63) is 36.9 Å². The molecular formula is C21H26N6O. The normalized spacial score (nSPS) is 30.1. The van der Waals surface area contributed by atoms with Gasteiger partial charge in [-0.25, -0.2) is 4.52 Å². The molecule has 0 amide bonds. The van der Waals surface area contributed by atoms with Crippen molar-refractivity contribution in [1.82, 2.24) is 24.3 Å². The molecule has 28 heavy (non-hydrogen) atoms. The molecule has 2 saturated heterocycles. The van der Waals surface area contributed by atoms with Crippen molar-refractivity contribution in [2.24, 2.45) is 7.05 Å². The summed E-state index contributed by atoms with van der Waals surface area (Å²) in [5.41, 5.74) is 4.70. The Morgan fingerprint density at radius 1 is 1.00 bits per heavy atom. The number of aliphatic hydroxyl groups is 1. The van der Waals surface area contributed by atoms with E-state index in [0.717, 1.165) is 42.6 Å². The monoisotopic (exact) mass is 378 g/mol. The van der Waals surface area contributed by atoms with Gasteiger partial charge in [0, 0.05) is 68.0 Å². The summed E-state index contributed by atoms with van der Waals surface area (Å²) in [6.07, 6.45) is 12.3. The number of hydrogen-bond donors (Lipinski definition) is 1. The molecule has 1 saturated carbocycles. The third kappa shape index (κ3) is 2.49. The maximum atomic E-state index is 9.74. The molecule has 2 bridgehead atoms. The minimum Gasteiger partial charge on any atom is -0.393 e. The van der Waals surface area contributed by atoms with Crippen LogP contribution in [0.5, 0.6) is 0 Å². The topological polar surface area (TPSA) is 61.8 Å². The highest BCUT2D eigenvalue weighted by atomic mass is 16.3. The summed E-state index contributed by atoms with van der Waals surface area (Å²) >= 11 is 0. The first-order valence-corrected chi connectivity index (χ1v) is 10.3. The van der Waals surface area contributed by atoms with Gasteiger partial charge in [0.2, 0.25) is 0 Å². The Labute approximate surface area is 164 Å². The quantitative estimate of drug-likeness (QED) is 0.754. The molecule has 2 atom stereocenters. The molecule has 0 radical (unpaired) electrons. The fraction of sp³-hybridized carbons (Fsp3) is 0.524. The molecule has 5 heterocycles. The largest absolute Gasteiger partial charge is 0.393 e. The standard InChI is InChI=1S/C21H26N6O/c1-24-10-15(9-23-24)14-6-21-20(4-5-22-26(21)11-14)25-12-16-2-3-17(13-25)27(16)18-7-19(28)8-18/h4-6,9-11,16-19,28H,2-3,7-8,12-13H2,1H3/t16-,17-,18?,19?/m1/s1. The maximum absolute atomic E-state index is 9.74. The second kappa shape index (κ2) is 6.06. The lowest BCUT2D eigenvalue weighted by Gasteiger charge is -2.50. The van der Waals surface area contributed by atoms with Crippen molar-refractivity contribution in [3.8, 4) is 11.1 Å². The van der Waals surface area contributed by atoms with Crippen LogP contribution in [-0.2, 0) is 7.05 Å². The van der Waals surface area contributed by atoms with Gasteiger partial charge in [0.1, 0.15) is 0 Å². The minimum atomic E-state index is -0.0751. The van der Waals surface area contributed by atoms with E-state index < -0.39 is 0 Å². The highest BCUT2D eigenvalue weighted by molar-refractivity contribution is 5.79. The Morgan fingerprint density at radius 2 is 1.79 bits per heavy atom. The van der Waals surface area contributed by atoms with Gasteiger partial charge in [-0.1, -0.05) is 0 Å². The van der Waals surface area contributed by atoms with Crippen molar-refractivity contribution in [3.63, 3.8) is 0 Å². The molecule has 3 aliphatic rings. The summed E-state index contributed by atoms with van der Waals surface area (Å²) < 4.78 is 3.83. The second-order valence-corrected chi connectivity index (χ2v) is 8.69. The van der Waals surface area contributed by atoms with Gasteiger partial charge in [-0.15, -0.1) is 0 Å². The summed E-state index contributed by atoms with van der Waals surface area (Å²) in [5, 5.41) is 18.6. The average molecular weight is 378 g/mol. The summed E-state index contributed by atoms with van der Waals surface area (Å²) in [6, 6.07) is 6.20. The van der Waals surface area contributed by atoms with Crippen LogP contribution in [0.15, 0.2) is 36.9 Å². The van der Waals surface area contributed by atoms with E-state index >= 15 is 0 Å². The first-order valence-electron chi connectivity index (χ1n) is 10.3. The lowest BCUT2D eigenvalue weighted by Crippen LogP contribution is -2.60. The molecule has 0 unspecified atom stereocenters. The maximum Gasteiger partial charge on any atom is 0.0886 e. The van der Waals surface area contributed by atoms with E-state index in [2.05, 4.69) is 38.3 Å². The van der Waals surface area contributed by atoms with Gasteiger partial charge in [-0.3, -0.25) is 9.58 Å². The fourth-order valence-corrected chi connectivity index (χ4v) is 5.53. The SMILES string of the molecule is Cn1cc(-c2cc3c(N4C[C@H]5CC[C@H](C4)N5C4CC(O)C4)ccnn3c2)cn1. The van der Waals surface area contributed by atoms with Crippen molar-refractivity contribution in [1.29, 1.82) is 0 Å². The molecular weight excluding hydrogens is 352 g/mol. The molecule has 0 aromatic carbocycles. The lowest BCUT2D eigenvalue weighted by molar-refractivity contribution is -0.0245. The van der Waals surface area contributed by atoms with E-state index in [1.807, 2.05) is 34.8 Å². The number of anilines is 1. The minimum absolute atomic E-state index is 0.0751. The number of piperazine rings is 1. The number of hydrogen-bond acceptors (Lipinski definition) is 5. The molecule has 1 aliphatic carbocycles. The molecule has 1 N–H and O–H groups in total. The predicted molar refractivity (Wildman–Crippen MR) is 107 cm³/mol. The number of aromatic nitrogens is 4. The molecule has 0 spiro atoms. The average Bonchev–Trinajstić information content (AvgIpc) is 3.34. The van der Waals surface area contributed by atoms with Crippen molar-refractivity contribution in [2.45, 2.75) is 49.9 Å². The van der Waals surface area contributed by atoms with Crippen LogP contribution in [0.1, 0.15) is 25.7 Å². The molecule has 146 valence electrons. The molecule has 7 heteroatoms. The van der Waals surface area contributed by atoms with Crippen LogP contribution >= 0.6 is 0 Å². The van der Waals surface area contributed by atoms with Gasteiger partial charge in [-0.05, 0) is 37.8 Å². The number of nitrogens with zero attached hydrogens (tertiary/aromatic N) is 6. The Hall–Kier alpha value is -2.38. The Balaban J connectivity index is 1.31. The zero-order valence-electron chi connectivity index (χ0n) is 16.1. The van der Waals surface area contributed by atoms with Gasteiger partial charge < -0.3 is 10.0 Å². The fourth-order valence-electron chi connectivity index (χ4n) is 5.53. The third-order valence-electron chi connectivity index (χ3n) is 6.91. The summed E-state index contributed by atoms with van der Waals surface area (Å²) in [7, 11) is 1.94. The number of fused-ring (bicyclic) bond motifs is 3. The van der Waals surface area contributed by atoms with E-state index in [1.54, 1.807) is 0 Å². The van der Waals surface area contributed by atoms with Crippen LogP contribution in [0.2, 0.25) is 0 Å². The zero-order valence-corrected chi connectivity index (χ0v) is 16.1. The Bertz CT molecular complexity index is 1010. The van der Waals surface area contributed by atoms with Crippen LogP contribution < -0.4 is 4.90 Å². The molecule has 3 aromatic rings. The predicted octanol–water partition coefficient (Wildman–Crippen LogP) is 1.91. The van der Waals surface area contributed by atoms with E-state index in [-0.39, 0.29) is 6.10 Å². The summed E-state index contributed by atoms with van der Waals surface area (Å²) in [5.74, 6) is 0. The molecule has 2 aliphatic heterocycles. The molecule has 7 nitrogen and oxygen atoms in total.